The number of carbonyl (C=O) groups excluding carboxylic acids is 1. The molecule has 0 amide bonds. The number of esters is 1. The monoisotopic (exact) mass is 262 g/mol. The summed E-state index contributed by atoms with van der Waals surface area (Å²) < 4.78 is 20.9. The van der Waals surface area contributed by atoms with Crippen molar-refractivity contribution in [1.29, 1.82) is 0 Å². The van der Waals surface area contributed by atoms with Crippen LogP contribution < -0.4 is 0 Å². The Hall–Kier alpha value is -0.693. The van der Waals surface area contributed by atoms with Crippen LogP contribution >= 0.6 is 0 Å². The third-order valence-electron chi connectivity index (χ3n) is 2.51. The molecule has 1 atom stereocenters. The van der Waals surface area contributed by atoms with Crippen molar-refractivity contribution in [2.75, 3.05) is 21.3 Å². The average Bonchev–Trinajstić information content (AvgIpc) is 2.35. The smallest absolute Gasteiger partial charge is 0.460 e. The molecule has 0 saturated carbocycles. The van der Waals surface area contributed by atoms with E-state index in [1.807, 2.05) is 6.92 Å². The Morgan fingerprint density at radius 2 is 1.82 bits per heavy atom. The minimum atomic E-state index is -2.49. The molecule has 1 unspecified atom stereocenters. The zero-order valence-corrected chi connectivity index (χ0v) is 12.0. The molecule has 0 bridgehead atoms. The van der Waals surface area contributed by atoms with Crippen LogP contribution in [0.2, 0.25) is 6.04 Å². The molecular formula is C11H22O5Si. The first-order valence-electron chi connectivity index (χ1n) is 5.52. The summed E-state index contributed by atoms with van der Waals surface area (Å²) in [6.45, 7) is 5.19. The van der Waals surface area contributed by atoms with Crippen molar-refractivity contribution in [1.82, 2.24) is 0 Å². The Bertz CT molecular complexity index is 232. The van der Waals surface area contributed by atoms with E-state index in [1.165, 1.54) is 0 Å². The molecule has 0 radical (unpaired) electrons. The van der Waals surface area contributed by atoms with Crippen molar-refractivity contribution in [3.63, 3.8) is 0 Å². The maximum absolute atomic E-state index is 10.9. The lowest BCUT2D eigenvalue weighted by atomic mass is 10.2. The van der Waals surface area contributed by atoms with Crippen LogP contribution in [-0.2, 0) is 22.8 Å². The fourth-order valence-corrected chi connectivity index (χ4v) is 3.22. The van der Waals surface area contributed by atoms with Crippen molar-refractivity contribution in [3.05, 3.63) is 12.7 Å². The second kappa shape index (κ2) is 8.41. The first kappa shape index (κ1) is 16.3. The molecule has 6 heteroatoms. The molecule has 0 fully saturated rings. The van der Waals surface area contributed by atoms with Gasteiger partial charge in [-0.25, -0.2) is 4.79 Å². The summed E-state index contributed by atoms with van der Waals surface area (Å²) in [5.74, 6) is -0.397. The highest BCUT2D eigenvalue weighted by molar-refractivity contribution is 6.60. The lowest BCUT2D eigenvalue weighted by Gasteiger charge is -2.24. The summed E-state index contributed by atoms with van der Waals surface area (Å²) in [4.78, 5) is 10.9. The van der Waals surface area contributed by atoms with E-state index in [-0.39, 0.29) is 6.10 Å². The van der Waals surface area contributed by atoms with Gasteiger partial charge in [0.05, 0.1) is 6.10 Å². The molecule has 0 aromatic rings. The lowest BCUT2D eigenvalue weighted by Crippen LogP contribution is -2.42. The molecule has 0 aromatic heterocycles. The second-order valence-corrected chi connectivity index (χ2v) is 6.73. The van der Waals surface area contributed by atoms with E-state index in [2.05, 4.69) is 6.58 Å². The standard InChI is InChI=1S/C11H22O5Si/c1-6-11(12)16-10(2)8-7-9-17(13-3,14-4)15-5/h6,10H,1,7-9H2,2-5H3. The second-order valence-electron chi connectivity index (χ2n) is 3.64. The number of hydrogen-bond acceptors (Lipinski definition) is 5. The predicted molar refractivity (Wildman–Crippen MR) is 66.6 cm³/mol. The van der Waals surface area contributed by atoms with Crippen LogP contribution in [0.25, 0.3) is 0 Å². The van der Waals surface area contributed by atoms with Crippen LogP contribution in [0.4, 0.5) is 0 Å². The highest BCUT2D eigenvalue weighted by atomic mass is 28.4. The minimum Gasteiger partial charge on any atom is -0.460 e. The maximum Gasteiger partial charge on any atom is 0.500 e. The summed E-state index contributed by atoms with van der Waals surface area (Å²) in [6.07, 6.45) is 2.57. The van der Waals surface area contributed by atoms with Gasteiger partial charge in [-0.3, -0.25) is 0 Å². The zero-order valence-electron chi connectivity index (χ0n) is 11.0. The average molecular weight is 262 g/mol. The van der Waals surface area contributed by atoms with Crippen LogP contribution in [0.1, 0.15) is 19.8 Å². The van der Waals surface area contributed by atoms with E-state index in [0.29, 0.717) is 6.04 Å². The van der Waals surface area contributed by atoms with Crippen molar-refractivity contribution in [2.24, 2.45) is 0 Å². The Morgan fingerprint density at radius 3 is 2.24 bits per heavy atom. The summed E-state index contributed by atoms with van der Waals surface area (Å²) in [5.41, 5.74) is 0. The van der Waals surface area contributed by atoms with Gasteiger partial charge in [0, 0.05) is 33.4 Å². The topological polar surface area (TPSA) is 54.0 Å². The molecule has 0 aliphatic heterocycles. The highest BCUT2D eigenvalue weighted by Crippen LogP contribution is 2.17. The third-order valence-corrected chi connectivity index (χ3v) is 5.34. The van der Waals surface area contributed by atoms with E-state index >= 15 is 0 Å². The highest BCUT2D eigenvalue weighted by Gasteiger charge is 2.37. The molecule has 0 N–H and O–H groups in total. The first-order valence-corrected chi connectivity index (χ1v) is 7.45. The fraction of sp³-hybridized carbons (Fsp3) is 0.727. The normalized spacial score (nSPS) is 13.2. The van der Waals surface area contributed by atoms with Gasteiger partial charge in [0.25, 0.3) is 0 Å². The number of ether oxygens (including phenoxy) is 1. The van der Waals surface area contributed by atoms with Crippen molar-refractivity contribution in [3.8, 4) is 0 Å². The van der Waals surface area contributed by atoms with Gasteiger partial charge >= 0.3 is 14.8 Å². The SMILES string of the molecule is C=CC(=O)OC(C)CCC[Si](OC)(OC)OC. The molecule has 0 aliphatic rings. The summed E-state index contributed by atoms with van der Waals surface area (Å²) in [6, 6.07) is 0.701. The van der Waals surface area contributed by atoms with Gasteiger partial charge < -0.3 is 18.0 Å². The number of carbonyl (C=O) groups is 1. The minimum absolute atomic E-state index is 0.141. The molecule has 5 nitrogen and oxygen atoms in total. The Kier molecular flexibility index (Phi) is 8.06. The lowest BCUT2D eigenvalue weighted by molar-refractivity contribution is -0.142. The summed E-state index contributed by atoms with van der Waals surface area (Å²) >= 11 is 0. The van der Waals surface area contributed by atoms with Crippen molar-refractivity contribution >= 4 is 14.8 Å². The van der Waals surface area contributed by atoms with Gasteiger partial charge in [0.15, 0.2) is 0 Å². The van der Waals surface area contributed by atoms with E-state index in [9.17, 15) is 4.79 Å². The Morgan fingerprint density at radius 1 is 1.29 bits per heavy atom. The van der Waals surface area contributed by atoms with Crippen LogP contribution in [-0.4, -0.2) is 42.2 Å². The third kappa shape index (κ3) is 5.97. The quantitative estimate of drug-likeness (QED) is 0.360. The molecule has 100 valence electrons. The summed E-state index contributed by atoms with van der Waals surface area (Å²) in [7, 11) is 2.26. The molecule has 0 aliphatic carbocycles. The van der Waals surface area contributed by atoms with Gasteiger partial charge in [-0.1, -0.05) is 6.58 Å². The van der Waals surface area contributed by atoms with Crippen LogP contribution in [0.3, 0.4) is 0 Å². The van der Waals surface area contributed by atoms with Gasteiger partial charge in [-0.05, 0) is 19.8 Å². The van der Waals surface area contributed by atoms with Gasteiger partial charge in [-0.15, -0.1) is 0 Å². The number of hydrogen-bond donors (Lipinski definition) is 0. The molecule has 0 heterocycles. The van der Waals surface area contributed by atoms with Crippen molar-refractivity contribution < 1.29 is 22.8 Å². The summed E-state index contributed by atoms with van der Waals surface area (Å²) in [5, 5.41) is 0. The first-order chi connectivity index (χ1) is 8.03. The Labute approximate surface area is 104 Å². The molecular weight excluding hydrogens is 240 g/mol. The zero-order chi connectivity index (χ0) is 13.3. The molecule has 0 aromatic carbocycles. The van der Waals surface area contributed by atoms with Crippen LogP contribution in [0.5, 0.6) is 0 Å². The van der Waals surface area contributed by atoms with E-state index in [1.54, 1.807) is 21.3 Å². The van der Waals surface area contributed by atoms with E-state index in [4.69, 9.17) is 18.0 Å². The van der Waals surface area contributed by atoms with E-state index in [0.717, 1.165) is 18.9 Å². The van der Waals surface area contributed by atoms with Crippen LogP contribution in [0.15, 0.2) is 12.7 Å². The largest absolute Gasteiger partial charge is 0.500 e. The van der Waals surface area contributed by atoms with Crippen LogP contribution in [0, 0.1) is 0 Å². The van der Waals surface area contributed by atoms with Gasteiger partial charge in [0.1, 0.15) is 0 Å². The molecule has 0 rings (SSSR count). The molecule has 17 heavy (non-hydrogen) atoms. The van der Waals surface area contributed by atoms with Gasteiger partial charge in [-0.2, -0.15) is 0 Å². The van der Waals surface area contributed by atoms with Gasteiger partial charge in [0.2, 0.25) is 0 Å². The van der Waals surface area contributed by atoms with E-state index < -0.39 is 14.8 Å². The molecule has 0 spiro atoms. The van der Waals surface area contributed by atoms with Crippen molar-refractivity contribution in [2.45, 2.75) is 31.9 Å². The fourth-order valence-electron chi connectivity index (χ4n) is 1.47. The number of rotatable bonds is 9. The maximum atomic E-state index is 10.9. The molecule has 0 saturated heterocycles. The Balaban J connectivity index is 3.96. The predicted octanol–water partition coefficient (Wildman–Crippen LogP) is 1.76.